The van der Waals surface area contributed by atoms with Crippen LogP contribution in [0.1, 0.15) is 316 Å². The number of carbonyl (C=O) groups excluding carboxylic acids is 1. The van der Waals surface area contributed by atoms with Crippen molar-refractivity contribution < 1.29 is 39.8 Å². The van der Waals surface area contributed by atoms with Gasteiger partial charge in [-0.15, -0.1) is 0 Å². The molecule has 1 amide bonds. The van der Waals surface area contributed by atoms with Gasteiger partial charge < -0.3 is 40.3 Å². The molecule has 1 fully saturated rings. The lowest BCUT2D eigenvalue weighted by molar-refractivity contribution is -0.302. The first kappa shape index (κ1) is 68.7. The fourth-order valence-corrected chi connectivity index (χ4v) is 10.3. The van der Waals surface area contributed by atoms with E-state index in [1.54, 1.807) is 6.08 Å². The van der Waals surface area contributed by atoms with Crippen molar-refractivity contribution in [2.45, 2.75) is 358 Å². The summed E-state index contributed by atoms with van der Waals surface area (Å²) in [5, 5.41) is 54.5. The molecule has 1 aliphatic heterocycles. The Kier molecular flexibility index (Phi) is 50.6. The third-order valence-corrected chi connectivity index (χ3v) is 15.3. The monoisotopic (exact) mass is 1020 g/mol. The lowest BCUT2D eigenvalue weighted by Gasteiger charge is -2.40. The van der Waals surface area contributed by atoms with Crippen molar-refractivity contribution in [3.63, 3.8) is 0 Å². The van der Waals surface area contributed by atoms with Crippen LogP contribution in [-0.2, 0) is 14.3 Å². The molecule has 0 spiro atoms. The zero-order chi connectivity index (χ0) is 52.2. The fraction of sp³-hybridized carbons (Fsp3) is 0.921. The summed E-state index contributed by atoms with van der Waals surface area (Å²) in [7, 11) is 0. The average molecular weight is 1020 g/mol. The molecule has 0 aromatic carbocycles. The van der Waals surface area contributed by atoms with E-state index in [4.69, 9.17) is 9.47 Å². The molecule has 0 aromatic heterocycles. The van der Waals surface area contributed by atoms with Gasteiger partial charge in [0.25, 0.3) is 0 Å². The van der Waals surface area contributed by atoms with Gasteiger partial charge in [-0.25, -0.2) is 0 Å². The zero-order valence-corrected chi connectivity index (χ0v) is 47.5. The maximum atomic E-state index is 13.1. The number of ether oxygens (including phenoxy) is 2. The second kappa shape index (κ2) is 53.1. The van der Waals surface area contributed by atoms with Gasteiger partial charge in [0, 0.05) is 6.42 Å². The van der Waals surface area contributed by atoms with E-state index < -0.39 is 49.5 Å². The molecule has 6 N–H and O–H groups in total. The van der Waals surface area contributed by atoms with Crippen LogP contribution in [0.3, 0.4) is 0 Å². The van der Waals surface area contributed by atoms with Crippen molar-refractivity contribution >= 4 is 5.91 Å². The molecule has 426 valence electrons. The molecular formula is C63H121NO8. The molecule has 0 aliphatic carbocycles. The van der Waals surface area contributed by atoms with Gasteiger partial charge in [0.15, 0.2) is 6.29 Å². The van der Waals surface area contributed by atoms with Crippen molar-refractivity contribution in [1.82, 2.24) is 5.32 Å². The molecule has 72 heavy (non-hydrogen) atoms. The molecule has 7 atom stereocenters. The van der Waals surface area contributed by atoms with Crippen molar-refractivity contribution in [3.05, 3.63) is 24.3 Å². The quantitative estimate of drug-likeness (QED) is 0.0261. The Morgan fingerprint density at radius 3 is 1.12 bits per heavy atom. The van der Waals surface area contributed by atoms with E-state index >= 15 is 0 Å². The van der Waals surface area contributed by atoms with Crippen LogP contribution in [0.25, 0.3) is 0 Å². The summed E-state index contributed by atoms with van der Waals surface area (Å²) in [4.78, 5) is 13.1. The van der Waals surface area contributed by atoms with E-state index in [0.29, 0.717) is 6.42 Å². The van der Waals surface area contributed by atoms with E-state index in [1.807, 2.05) is 6.08 Å². The van der Waals surface area contributed by atoms with Gasteiger partial charge in [0.2, 0.25) is 5.91 Å². The van der Waals surface area contributed by atoms with Crippen LogP contribution in [0.15, 0.2) is 24.3 Å². The molecule has 9 nitrogen and oxygen atoms in total. The van der Waals surface area contributed by atoms with Crippen molar-refractivity contribution in [3.8, 4) is 0 Å². The number of allylic oxidation sites excluding steroid dienone is 3. The summed E-state index contributed by atoms with van der Waals surface area (Å²) in [6.45, 7) is 3.81. The molecule has 0 bridgehead atoms. The standard InChI is InChI=1S/C63H121NO8/c1-3-5-7-9-11-13-15-17-19-20-21-22-23-24-25-26-27-28-29-30-31-32-33-34-35-36-37-38-39-41-43-45-47-49-51-53-59(67)64-56(55-71-63-62(70)61(69)60(68)58(54-65)72-63)57(66)52-50-48-46-44-42-40-18-16-14-12-10-8-6-4-2/h26-27,50,52,56-58,60-63,65-66,68-70H,3-25,28-49,51,53-55H2,1-2H3,(H,64,67)/b27-26-,52-50+. The molecule has 0 radical (unpaired) electrons. The summed E-state index contributed by atoms with van der Waals surface area (Å²) in [6.07, 6.45) is 61.4. The van der Waals surface area contributed by atoms with Crippen LogP contribution in [0.2, 0.25) is 0 Å². The number of aliphatic hydroxyl groups is 5. The van der Waals surface area contributed by atoms with Gasteiger partial charge in [-0.05, 0) is 44.9 Å². The summed E-state index contributed by atoms with van der Waals surface area (Å²) in [6, 6.07) is -0.802. The molecular weight excluding hydrogens is 899 g/mol. The van der Waals surface area contributed by atoms with Crippen LogP contribution >= 0.6 is 0 Å². The predicted molar refractivity (Wildman–Crippen MR) is 304 cm³/mol. The number of rotatable bonds is 55. The van der Waals surface area contributed by atoms with E-state index in [9.17, 15) is 30.3 Å². The van der Waals surface area contributed by atoms with Crippen LogP contribution in [0.5, 0.6) is 0 Å². The Balaban J connectivity index is 2.07. The topological polar surface area (TPSA) is 149 Å². The molecule has 1 saturated heterocycles. The van der Waals surface area contributed by atoms with Crippen molar-refractivity contribution in [1.29, 1.82) is 0 Å². The largest absolute Gasteiger partial charge is 0.394 e. The number of hydrogen-bond donors (Lipinski definition) is 6. The Labute approximate surface area is 445 Å². The molecule has 0 saturated carbocycles. The van der Waals surface area contributed by atoms with Gasteiger partial charge in [-0.3, -0.25) is 4.79 Å². The predicted octanol–water partition coefficient (Wildman–Crippen LogP) is 16.1. The summed E-state index contributed by atoms with van der Waals surface area (Å²) < 4.78 is 11.3. The number of carbonyl (C=O) groups is 1. The zero-order valence-electron chi connectivity index (χ0n) is 47.5. The van der Waals surface area contributed by atoms with Crippen LogP contribution in [0.4, 0.5) is 0 Å². The average Bonchev–Trinajstić information content (AvgIpc) is 3.38. The van der Waals surface area contributed by atoms with Crippen LogP contribution < -0.4 is 5.32 Å². The van der Waals surface area contributed by atoms with Gasteiger partial charge in [-0.1, -0.05) is 289 Å². The highest BCUT2D eigenvalue weighted by Crippen LogP contribution is 2.23. The summed E-state index contributed by atoms with van der Waals surface area (Å²) >= 11 is 0. The van der Waals surface area contributed by atoms with Crippen molar-refractivity contribution in [2.24, 2.45) is 0 Å². The lowest BCUT2D eigenvalue weighted by Crippen LogP contribution is -2.60. The maximum Gasteiger partial charge on any atom is 0.220 e. The minimum Gasteiger partial charge on any atom is -0.394 e. The van der Waals surface area contributed by atoms with Crippen LogP contribution in [-0.4, -0.2) is 87.5 Å². The summed E-state index contributed by atoms with van der Waals surface area (Å²) in [5.41, 5.74) is 0. The van der Waals surface area contributed by atoms with E-state index in [2.05, 4.69) is 31.3 Å². The van der Waals surface area contributed by atoms with Crippen molar-refractivity contribution in [2.75, 3.05) is 13.2 Å². The number of nitrogens with one attached hydrogen (secondary N) is 1. The Morgan fingerprint density at radius 1 is 0.458 bits per heavy atom. The number of aliphatic hydroxyl groups excluding tert-OH is 5. The highest BCUT2D eigenvalue weighted by molar-refractivity contribution is 5.76. The highest BCUT2D eigenvalue weighted by atomic mass is 16.7. The third kappa shape index (κ3) is 41.9. The van der Waals surface area contributed by atoms with Gasteiger partial charge in [-0.2, -0.15) is 0 Å². The highest BCUT2D eigenvalue weighted by Gasteiger charge is 2.44. The minimum absolute atomic E-state index is 0.172. The molecule has 9 heteroatoms. The molecule has 1 rings (SSSR count). The number of hydrogen-bond acceptors (Lipinski definition) is 8. The smallest absolute Gasteiger partial charge is 0.220 e. The molecule has 0 aromatic rings. The van der Waals surface area contributed by atoms with Gasteiger partial charge in [0.05, 0.1) is 25.4 Å². The second-order valence-electron chi connectivity index (χ2n) is 22.2. The van der Waals surface area contributed by atoms with E-state index in [-0.39, 0.29) is 12.5 Å². The third-order valence-electron chi connectivity index (χ3n) is 15.3. The van der Waals surface area contributed by atoms with E-state index in [1.165, 1.54) is 257 Å². The SMILES string of the molecule is CCCCCCCCCCCCCC/C=C/C(O)C(COC1OC(CO)C(O)C(O)C1O)NC(=O)CCCCCCCCCCCCCCCCCCC/C=C\CCCCCCCCCCCCCCCC. The first-order valence-electron chi connectivity index (χ1n) is 31.6. The Hall–Kier alpha value is -1.33. The first-order valence-corrected chi connectivity index (χ1v) is 31.6. The first-order chi connectivity index (χ1) is 35.3. The Bertz CT molecular complexity index is 1180. The molecule has 1 heterocycles. The lowest BCUT2D eigenvalue weighted by atomic mass is 9.99. The molecule has 1 aliphatic rings. The number of unbranched alkanes of at least 4 members (excludes halogenated alkanes) is 43. The summed E-state index contributed by atoms with van der Waals surface area (Å²) in [5.74, 6) is -0.172. The number of amides is 1. The van der Waals surface area contributed by atoms with Gasteiger partial charge >= 0.3 is 0 Å². The minimum atomic E-state index is -1.56. The fourth-order valence-electron chi connectivity index (χ4n) is 10.3. The van der Waals surface area contributed by atoms with Gasteiger partial charge in [0.1, 0.15) is 24.4 Å². The van der Waals surface area contributed by atoms with Crippen LogP contribution in [0, 0.1) is 0 Å². The van der Waals surface area contributed by atoms with E-state index in [0.717, 1.165) is 38.5 Å². The maximum absolute atomic E-state index is 13.1. The Morgan fingerprint density at radius 2 is 0.778 bits per heavy atom. The second-order valence-corrected chi connectivity index (χ2v) is 22.2. The normalized spacial score (nSPS) is 19.2. The molecule has 7 unspecified atom stereocenters.